The molecule has 1 fully saturated rings. The molecule has 1 aliphatic rings. The lowest BCUT2D eigenvalue weighted by Crippen LogP contribution is -2.43. The van der Waals surface area contributed by atoms with Crippen LogP contribution < -0.4 is 4.74 Å². The van der Waals surface area contributed by atoms with Crippen molar-refractivity contribution in [2.24, 2.45) is 5.92 Å². The summed E-state index contributed by atoms with van der Waals surface area (Å²) in [5.41, 5.74) is 0.613. The molecule has 0 N–H and O–H groups in total. The summed E-state index contributed by atoms with van der Waals surface area (Å²) in [5.74, 6) is 0.919. The lowest BCUT2D eigenvalue weighted by Gasteiger charge is -2.31. The Labute approximate surface area is 127 Å². The highest BCUT2D eigenvalue weighted by atomic mass is 79.9. The van der Waals surface area contributed by atoms with E-state index in [0.717, 1.165) is 10.9 Å². The van der Waals surface area contributed by atoms with Crippen molar-refractivity contribution in [2.45, 2.75) is 19.8 Å². The number of amides is 1. The molecule has 1 amide bonds. The van der Waals surface area contributed by atoms with Crippen molar-refractivity contribution >= 4 is 27.6 Å². The summed E-state index contributed by atoms with van der Waals surface area (Å²) in [6, 6.07) is 5.28. The maximum Gasteiger partial charge on any atom is 0.253 e. The number of carbonyl (C=O) groups is 2. The number of halogens is 1. The van der Waals surface area contributed by atoms with Gasteiger partial charge in [0.15, 0.2) is 0 Å². The molecular weight excluding hydrogens is 322 g/mol. The van der Waals surface area contributed by atoms with Crippen molar-refractivity contribution in [3.63, 3.8) is 0 Å². The van der Waals surface area contributed by atoms with Crippen molar-refractivity contribution in [3.8, 4) is 5.75 Å². The SMILES string of the molecule is CCC1CN(C(=O)c2ccc(OC)c(Br)c2)CCC1=O. The van der Waals surface area contributed by atoms with Crippen LogP contribution in [0.25, 0.3) is 0 Å². The molecule has 0 radical (unpaired) electrons. The molecule has 0 bridgehead atoms. The highest BCUT2D eigenvalue weighted by Crippen LogP contribution is 2.27. The Kier molecular flexibility index (Phi) is 4.81. The largest absolute Gasteiger partial charge is 0.496 e. The normalized spacial score (nSPS) is 19.1. The summed E-state index contributed by atoms with van der Waals surface area (Å²) in [4.78, 5) is 25.9. The Balaban J connectivity index is 2.15. The summed E-state index contributed by atoms with van der Waals surface area (Å²) in [7, 11) is 1.59. The van der Waals surface area contributed by atoms with Crippen LogP contribution in [0.2, 0.25) is 0 Å². The minimum absolute atomic E-state index is 0.0191. The van der Waals surface area contributed by atoms with Gasteiger partial charge >= 0.3 is 0 Å². The van der Waals surface area contributed by atoms with E-state index in [4.69, 9.17) is 4.74 Å². The summed E-state index contributed by atoms with van der Waals surface area (Å²) in [6.45, 7) is 3.02. The van der Waals surface area contributed by atoms with Gasteiger partial charge in [0.2, 0.25) is 0 Å². The molecule has 1 unspecified atom stereocenters. The van der Waals surface area contributed by atoms with E-state index in [1.807, 2.05) is 6.92 Å². The van der Waals surface area contributed by atoms with E-state index in [1.54, 1.807) is 30.2 Å². The summed E-state index contributed by atoms with van der Waals surface area (Å²) in [5, 5.41) is 0. The number of piperidine rings is 1. The first-order valence-electron chi connectivity index (χ1n) is 6.72. The van der Waals surface area contributed by atoms with E-state index in [0.29, 0.717) is 30.8 Å². The summed E-state index contributed by atoms with van der Waals surface area (Å²) < 4.78 is 5.91. The first kappa shape index (κ1) is 15.0. The zero-order valence-electron chi connectivity index (χ0n) is 11.7. The number of likely N-dealkylation sites (tertiary alicyclic amines) is 1. The average molecular weight is 340 g/mol. The summed E-state index contributed by atoms with van der Waals surface area (Å²) in [6.07, 6.45) is 1.25. The van der Waals surface area contributed by atoms with Crippen LogP contribution >= 0.6 is 15.9 Å². The van der Waals surface area contributed by atoms with Gasteiger partial charge in [-0.1, -0.05) is 6.92 Å². The molecule has 5 heteroatoms. The van der Waals surface area contributed by atoms with Crippen LogP contribution in [-0.2, 0) is 4.79 Å². The second-order valence-corrected chi connectivity index (χ2v) is 5.78. The molecule has 4 nitrogen and oxygen atoms in total. The molecule has 0 spiro atoms. The van der Waals surface area contributed by atoms with Crippen molar-refractivity contribution in [3.05, 3.63) is 28.2 Å². The zero-order chi connectivity index (χ0) is 14.7. The number of hydrogen-bond donors (Lipinski definition) is 0. The van der Waals surface area contributed by atoms with Crippen LogP contribution in [0.5, 0.6) is 5.75 Å². The Morgan fingerprint density at radius 1 is 1.50 bits per heavy atom. The second-order valence-electron chi connectivity index (χ2n) is 4.92. The predicted octanol–water partition coefficient (Wildman–Crippen LogP) is 2.90. The monoisotopic (exact) mass is 339 g/mol. The fourth-order valence-corrected chi connectivity index (χ4v) is 2.97. The molecule has 20 heavy (non-hydrogen) atoms. The number of ketones is 1. The van der Waals surface area contributed by atoms with Crippen molar-refractivity contribution in [1.82, 2.24) is 4.90 Å². The van der Waals surface area contributed by atoms with E-state index >= 15 is 0 Å². The molecule has 0 aliphatic carbocycles. The topological polar surface area (TPSA) is 46.6 Å². The Bertz CT molecular complexity index is 530. The van der Waals surface area contributed by atoms with Gasteiger partial charge in [0, 0.05) is 31.0 Å². The highest BCUT2D eigenvalue weighted by Gasteiger charge is 2.29. The maximum absolute atomic E-state index is 12.5. The number of ether oxygens (including phenoxy) is 1. The van der Waals surface area contributed by atoms with Gasteiger partial charge in [-0.15, -0.1) is 0 Å². The van der Waals surface area contributed by atoms with E-state index in [9.17, 15) is 9.59 Å². The van der Waals surface area contributed by atoms with Gasteiger partial charge in [-0.3, -0.25) is 9.59 Å². The number of carbonyl (C=O) groups excluding carboxylic acids is 2. The molecule has 2 rings (SSSR count). The van der Waals surface area contributed by atoms with Crippen LogP contribution in [-0.4, -0.2) is 36.8 Å². The molecule has 1 aromatic carbocycles. The molecule has 0 aromatic heterocycles. The number of methoxy groups -OCH3 is 1. The molecule has 108 valence electrons. The van der Waals surface area contributed by atoms with Gasteiger partial charge in [0.1, 0.15) is 11.5 Å². The minimum atomic E-state index is -0.0284. The van der Waals surface area contributed by atoms with Gasteiger partial charge in [0.25, 0.3) is 5.91 Å². The van der Waals surface area contributed by atoms with Crippen LogP contribution in [0, 0.1) is 5.92 Å². The van der Waals surface area contributed by atoms with E-state index in [2.05, 4.69) is 15.9 Å². The Hall–Kier alpha value is -1.36. The Morgan fingerprint density at radius 3 is 2.85 bits per heavy atom. The molecule has 1 heterocycles. The third kappa shape index (κ3) is 3.03. The molecule has 0 saturated carbocycles. The lowest BCUT2D eigenvalue weighted by atomic mass is 9.93. The quantitative estimate of drug-likeness (QED) is 0.850. The van der Waals surface area contributed by atoms with Gasteiger partial charge < -0.3 is 9.64 Å². The van der Waals surface area contributed by atoms with Crippen LogP contribution in [0.3, 0.4) is 0 Å². The van der Waals surface area contributed by atoms with Gasteiger partial charge in [0.05, 0.1) is 11.6 Å². The number of Topliss-reactive ketones (excluding diaryl/α,β-unsaturated/α-hetero) is 1. The third-order valence-electron chi connectivity index (χ3n) is 3.70. The molecule has 1 atom stereocenters. The van der Waals surface area contributed by atoms with Crippen LogP contribution in [0.4, 0.5) is 0 Å². The average Bonchev–Trinajstić information content (AvgIpc) is 2.47. The maximum atomic E-state index is 12.5. The fourth-order valence-electron chi connectivity index (χ4n) is 2.43. The van der Waals surface area contributed by atoms with Crippen molar-refractivity contribution < 1.29 is 14.3 Å². The number of benzene rings is 1. The lowest BCUT2D eigenvalue weighted by molar-refractivity contribution is -0.125. The van der Waals surface area contributed by atoms with Crippen molar-refractivity contribution in [1.29, 1.82) is 0 Å². The molecule has 1 aromatic rings. The highest BCUT2D eigenvalue weighted by molar-refractivity contribution is 9.10. The third-order valence-corrected chi connectivity index (χ3v) is 4.32. The zero-order valence-corrected chi connectivity index (χ0v) is 13.3. The second kappa shape index (κ2) is 6.39. The molecular formula is C15H18BrNO3. The predicted molar refractivity (Wildman–Crippen MR) is 80.0 cm³/mol. The van der Waals surface area contributed by atoms with Crippen LogP contribution in [0.15, 0.2) is 22.7 Å². The number of hydrogen-bond acceptors (Lipinski definition) is 3. The number of nitrogens with zero attached hydrogens (tertiary/aromatic N) is 1. The molecule has 1 saturated heterocycles. The fraction of sp³-hybridized carbons (Fsp3) is 0.467. The first-order valence-corrected chi connectivity index (χ1v) is 7.51. The van der Waals surface area contributed by atoms with Gasteiger partial charge in [-0.2, -0.15) is 0 Å². The minimum Gasteiger partial charge on any atom is -0.496 e. The standard InChI is InChI=1S/C15H18BrNO3/c1-3-10-9-17(7-6-13(10)18)15(19)11-4-5-14(20-2)12(16)8-11/h4-5,8,10H,3,6-7,9H2,1-2H3. The van der Waals surface area contributed by atoms with Gasteiger partial charge in [-0.05, 0) is 40.5 Å². The summed E-state index contributed by atoms with van der Waals surface area (Å²) >= 11 is 3.38. The first-order chi connectivity index (χ1) is 9.56. The molecule has 1 aliphatic heterocycles. The smallest absolute Gasteiger partial charge is 0.253 e. The van der Waals surface area contributed by atoms with E-state index in [1.165, 1.54) is 0 Å². The number of rotatable bonds is 3. The van der Waals surface area contributed by atoms with Gasteiger partial charge in [-0.25, -0.2) is 0 Å². The van der Waals surface area contributed by atoms with E-state index < -0.39 is 0 Å². The van der Waals surface area contributed by atoms with Crippen molar-refractivity contribution in [2.75, 3.05) is 20.2 Å². The van der Waals surface area contributed by atoms with E-state index in [-0.39, 0.29) is 17.6 Å². The van der Waals surface area contributed by atoms with Crippen LogP contribution in [0.1, 0.15) is 30.1 Å². The Morgan fingerprint density at radius 2 is 2.25 bits per heavy atom.